The Labute approximate surface area is 260 Å². The highest BCUT2D eigenvalue weighted by molar-refractivity contribution is 6.30. The van der Waals surface area contributed by atoms with Crippen LogP contribution in [0.4, 0.5) is 0 Å². The van der Waals surface area contributed by atoms with E-state index < -0.39 is 60.4 Å². The number of carboxylic acid groups (broad SMARTS) is 1. The van der Waals surface area contributed by atoms with Crippen LogP contribution >= 0.6 is 11.6 Å². The maximum Gasteiger partial charge on any atom is 0.331 e. The third-order valence-electron chi connectivity index (χ3n) is 7.29. The number of rotatable bonds is 17. The lowest BCUT2D eigenvalue weighted by Gasteiger charge is -2.24. The topological polar surface area (TPSA) is 165 Å². The smallest absolute Gasteiger partial charge is 0.331 e. The fraction of sp³-hybridized carbons (Fsp3) is 0.576. The molecule has 0 aromatic rings. The van der Waals surface area contributed by atoms with Crippen molar-refractivity contribution in [1.82, 2.24) is 0 Å². The third-order valence-corrected chi connectivity index (χ3v) is 7.76. The van der Waals surface area contributed by atoms with Crippen molar-refractivity contribution in [2.75, 3.05) is 0 Å². The second-order valence-corrected chi connectivity index (χ2v) is 11.5. The highest BCUT2D eigenvalue weighted by Gasteiger charge is 2.32. The monoisotopic (exact) mass is 624 g/mol. The number of carboxylic acids is 1. The summed E-state index contributed by atoms with van der Waals surface area (Å²) in [5.41, 5.74) is 0.861. The van der Waals surface area contributed by atoms with E-state index in [-0.39, 0.29) is 25.7 Å². The maximum absolute atomic E-state index is 12.1. The Kier molecular flexibility index (Phi) is 19.0. The summed E-state index contributed by atoms with van der Waals surface area (Å²) < 4.78 is 5.30. The predicted octanol–water partition coefficient (Wildman–Crippen LogP) is 4.49. The number of aliphatic hydroxyl groups excluding tert-OH is 5. The molecule has 1 rings (SSSR count). The number of carbonyl (C=O) groups is 2. The van der Waals surface area contributed by atoms with Crippen LogP contribution in [0.2, 0.25) is 0 Å². The summed E-state index contributed by atoms with van der Waals surface area (Å²) in [4.78, 5) is 23.5. The van der Waals surface area contributed by atoms with Crippen molar-refractivity contribution in [3.8, 4) is 0 Å². The molecule has 1 fully saturated rings. The highest BCUT2D eigenvalue weighted by atomic mass is 35.5. The van der Waals surface area contributed by atoms with E-state index in [0.29, 0.717) is 24.3 Å². The lowest BCUT2D eigenvalue weighted by Crippen LogP contribution is -2.33. The zero-order valence-corrected chi connectivity index (χ0v) is 26.1. The number of esters is 1. The molecule has 0 aromatic heterocycles. The lowest BCUT2D eigenvalue weighted by atomic mass is 9.94. The average molecular weight is 625 g/mol. The standard InChI is InChI=1S/C33H49ClO9/c1-4-5-14-25(35)21-26(36)18-19-29(38)32(40)23(3)27(34)15-8-6-11-22(2)12-7-9-17-31(39)43-30-20-24(33(41)42)13-10-16-28(30)37/h5-9,11-12,14-15,17,23-26,28-30,32,35-38,40H,4,10,13,16,18-21H2,1-3H3,(H,41,42)/b8-6+,12-7+,14-5+,17-9+,22-11+,27-15-. The summed E-state index contributed by atoms with van der Waals surface area (Å²) in [6.07, 6.45) is 13.8. The Morgan fingerprint density at radius 2 is 1.67 bits per heavy atom. The van der Waals surface area contributed by atoms with E-state index in [4.69, 9.17) is 16.3 Å². The molecule has 43 heavy (non-hydrogen) atoms. The molecule has 1 aliphatic rings. The van der Waals surface area contributed by atoms with Gasteiger partial charge in [0.2, 0.25) is 0 Å². The van der Waals surface area contributed by atoms with Crippen LogP contribution in [0.15, 0.2) is 71.4 Å². The first-order valence-corrected chi connectivity index (χ1v) is 15.3. The molecule has 0 aliphatic heterocycles. The molecule has 10 heteroatoms. The molecular weight excluding hydrogens is 576 g/mol. The van der Waals surface area contributed by atoms with Crippen molar-refractivity contribution in [2.24, 2.45) is 11.8 Å². The van der Waals surface area contributed by atoms with Crippen LogP contribution in [0, 0.1) is 11.8 Å². The van der Waals surface area contributed by atoms with Crippen molar-refractivity contribution in [3.63, 3.8) is 0 Å². The van der Waals surface area contributed by atoms with E-state index in [9.17, 15) is 40.2 Å². The molecule has 1 aliphatic carbocycles. The van der Waals surface area contributed by atoms with Gasteiger partial charge in [-0.15, -0.1) is 0 Å². The fourth-order valence-electron chi connectivity index (χ4n) is 4.56. The first-order chi connectivity index (χ1) is 20.3. The molecule has 242 valence electrons. The van der Waals surface area contributed by atoms with Gasteiger partial charge < -0.3 is 35.4 Å². The summed E-state index contributed by atoms with van der Waals surface area (Å²) in [6.45, 7) is 5.49. The minimum atomic E-state index is -1.13. The molecule has 8 unspecified atom stereocenters. The lowest BCUT2D eigenvalue weighted by molar-refractivity contribution is -0.153. The minimum absolute atomic E-state index is 0.0875. The zero-order chi connectivity index (χ0) is 32.4. The molecule has 0 aromatic carbocycles. The van der Waals surface area contributed by atoms with Gasteiger partial charge >= 0.3 is 11.9 Å². The molecule has 0 amide bonds. The predicted molar refractivity (Wildman–Crippen MR) is 167 cm³/mol. The van der Waals surface area contributed by atoms with Gasteiger partial charge in [0.05, 0.1) is 36.4 Å². The largest absolute Gasteiger partial charge is 0.481 e. The molecular formula is C33H49ClO9. The van der Waals surface area contributed by atoms with Crippen LogP contribution in [0.3, 0.4) is 0 Å². The summed E-state index contributed by atoms with van der Waals surface area (Å²) in [7, 11) is 0. The molecule has 9 nitrogen and oxygen atoms in total. The van der Waals surface area contributed by atoms with Crippen LogP contribution in [0.25, 0.3) is 0 Å². The van der Waals surface area contributed by atoms with Gasteiger partial charge in [-0.2, -0.15) is 0 Å². The number of aliphatic carboxylic acids is 1. The van der Waals surface area contributed by atoms with E-state index in [1.165, 1.54) is 12.2 Å². The highest BCUT2D eigenvalue weighted by Crippen LogP contribution is 2.26. The summed E-state index contributed by atoms with van der Waals surface area (Å²) in [5, 5.41) is 60.6. The molecule has 8 atom stereocenters. The van der Waals surface area contributed by atoms with E-state index in [1.807, 2.05) is 19.9 Å². The van der Waals surface area contributed by atoms with Gasteiger partial charge in [0.15, 0.2) is 0 Å². The van der Waals surface area contributed by atoms with Crippen molar-refractivity contribution in [2.45, 2.75) is 109 Å². The van der Waals surface area contributed by atoms with Gasteiger partial charge in [0, 0.05) is 29.9 Å². The van der Waals surface area contributed by atoms with Gasteiger partial charge in [0.1, 0.15) is 6.10 Å². The number of aliphatic hydroxyl groups is 5. The van der Waals surface area contributed by atoms with Crippen LogP contribution in [0.5, 0.6) is 0 Å². The number of allylic oxidation sites excluding steroid dienone is 9. The average Bonchev–Trinajstić information content (AvgIpc) is 3.15. The normalized spacial score (nSPS) is 24.3. The summed E-state index contributed by atoms with van der Waals surface area (Å²) >= 11 is 6.33. The van der Waals surface area contributed by atoms with Gasteiger partial charge in [0.25, 0.3) is 0 Å². The quantitative estimate of drug-likeness (QED) is 0.0450. The number of carbonyl (C=O) groups excluding carboxylic acids is 1. The van der Waals surface area contributed by atoms with Crippen molar-refractivity contribution >= 4 is 23.5 Å². The van der Waals surface area contributed by atoms with E-state index >= 15 is 0 Å². The van der Waals surface area contributed by atoms with Crippen LogP contribution in [-0.4, -0.2) is 79.2 Å². The van der Waals surface area contributed by atoms with Gasteiger partial charge in [-0.1, -0.05) is 79.6 Å². The van der Waals surface area contributed by atoms with E-state index in [2.05, 4.69) is 0 Å². The Morgan fingerprint density at radius 1 is 1.00 bits per heavy atom. The zero-order valence-electron chi connectivity index (χ0n) is 25.3. The van der Waals surface area contributed by atoms with Gasteiger partial charge in [-0.05, 0) is 51.5 Å². The Morgan fingerprint density at radius 3 is 2.35 bits per heavy atom. The first-order valence-electron chi connectivity index (χ1n) is 14.9. The molecule has 1 saturated carbocycles. The van der Waals surface area contributed by atoms with Crippen LogP contribution < -0.4 is 0 Å². The molecule has 0 heterocycles. The third kappa shape index (κ3) is 16.2. The number of halogens is 1. The molecule has 0 bridgehead atoms. The second-order valence-electron chi connectivity index (χ2n) is 11.0. The number of hydrogen-bond donors (Lipinski definition) is 6. The molecule has 0 radical (unpaired) electrons. The van der Waals surface area contributed by atoms with Gasteiger partial charge in [-0.25, -0.2) is 4.79 Å². The first kappa shape index (κ1) is 38.5. The molecule has 0 spiro atoms. The maximum atomic E-state index is 12.1. The van der Waals surface area contributed by atoms with Gasteiger partial charge in [-0.3, -0.25) is 4.79 Å². The number of hydrogen-bond acceptors (Lipinski definition) is 8. The summed E-state index contributed by atoms with van der Waals surface area (Å²) in [5.74, 6) is -2.79. The Bertz CT molecular complexity index is 1030. The van der Waals surface area contributed by atoms with Crippen molar-refractivity contribution in [3.05, 3.63) is 71.4 Å². The van der Waals surface area contributed by atoms with Crippen molar-refractivity contribution < 1.29 is 45.0 Å². The minimum Gasteiger partial charge on any atom is -0.481 e. The fourth-order valence-corrected chi connectivity index (χ4v) is 4.76. The number of ether oxygens (including phenoxy) is 1. The molecule has 0 saturated heterocycles. The molecule has 6 N–H and O–H groups in total. The van der Waals surface area contributed by atoms with E-state index in [0.717, 1.165) is 12.0 Å². The van der Waals surface area contributed by atoms with E-state index in [1.54, 1.807) is 49.5 Å². The Balaban J connectivity index is 2.53. The summed E-state index contributed by atoms with van der Waals surface area (Å²) in [6, 6.07) is 0. The van der Waals surface area contributed by atoms with Crippen LogP contribution in [0.1, 0.15) is 72.1 Å². The second kappa shape index (κ2) is 21.2. The van der Waals surface area contributed by atoms with Crippen molar-refractivity contribution in [1.29, 1.82) is 0 Å². The SMILES string of the molecule is CC/C=C/C(O)CC(O)CCC(O)C(O)C(C)/C(Cl)=C/C=C/C=C(C)/C=C/C=C/C(=O)OC1CC(C(=O)O)CCCC1O. The van der Waals surface area contributed by atoms with Crippen LogP contribution in [-0.2, 0) is 14.3 Å². The Hall–Kier alpha value is -2.53.